The van der Waals surface area contributed by atoms with E-state index in [1.165, 1.54) is 5.56 Å². The first-order chi connectivity index (χ1) is 14.5. The molecule has 0 saturated carbocycles. The molecule has 0 bridgehead atoms. The number of imidazole rings is 1. The molecule has 3 rings (SSSR count). The van der Waals surface area contributed by atoms with Crippen molar-refractivity contribution in [3.05, 3.63) is 40.5 Å². The molecule has 7 heteroatoms. The van der Waals surface area contributed by atoms with Gasteiger partial charge in [0.15, 0.2) is 0 Å². The van der Waals surface area contributed by atoms with Crippen LogP contribution in [-0.4, -0.2) is 33.4 Å². The summed E-state index contributed by atoms with van der Waals surface area (Å²) in [4.78, 5) is 9.20. The van der Waals surface area contributed by atoms with Crippen LogP contribution in [0.1, 0.15) is 56.6 Å². The second-order valence-corrected chi connectivity index (χ2v) is 7.94. The number of methoxy groups -OCH3 is 1. The Morgan fingerprint density at radius 1 is 1.23 bits per heavy atom. The number of hydrogen-bond acceptors (Lipinski definition) is 5. The minimum atomic E-state index is 0.178. The maximum atomic E-state index is 9.28. The van der Waals surface area contributed by atoms with Gasteiger partial charge in [-0.25, -0.2) is 9.97 Å². The van der Waals surface area contributed by atoms with E-state index in [1.54, 1.807) is 13.3 Å². The van der Waals surface area contributed by atoms with E-state index in [0.29, 0.717) is 16.8 Å². The Morgan fingerprint density at radius 2 is 2.00 bits per heavy atom. The molecule has 1 aromatic carbocycles. The standard InChI is InChI=1S/C23H31ClN4O2/c1-5-16(6-2)17-9-10-18(24)21-22(17)28(11-7-8-12-29)23(27-21)26-19-14-25-20(30-4)13-15(19)3/h9-10,13-14,16,29H,5-8,11-12H2,1-4H3,(H,26,27). The van der Waals surface area contributed by atoms with Gasteiger partial charge in [0.1, 0.15) is 5.52 Å². The summed E-state index contributed by atoms with van der Waals surface area (Å²) < 4.78 is 7.42. The Balaban J connectivity index is 2.14. The summed E-state index contributed by atoms with van der Waals surface area (Å²) in [6.07, 6.45) is 5.46. The third-order valence-electron chi connectivity index (χ3n) is 5.63. The van der Waals surface area contributed by atoms with Crippen LogP contribution >= 0.6 is 11.6 Å². The number of nitrogens with one attached hydrogen (secondary N) is 1. The molecular formula is C23H31ClN4O2. The second-order valence-electron chi connectivity index (χ2n) is 7.53. The molecule has 2 N–H and O–H groups in total. The van der Waals surface area contributed by atoms with Crippen molar-refractivity contribution in [1.82, 2.24) is 14.5 Å². The molecule has 0 atom stereocenters. The lowest BCUT2D eigenvalue weighted by Crippen LogP contribution is -2.08. The monoisotopic (exact) mass is 430 g/mol. The Morgan fingerprint density at radius 3 is 2.63 bits per heavy atom. The molecule has 0 spiro atoms. The zero-order chi connectivity index (χ0) is 21.7. The molecule has 162 valence electrons. The summed E-state index contributed by atoms with van der Waals surface area (Å²) >= 11 is 6.57. The number of pyridine rings is 1. The van der Waals surface area contributed by atoms with Gasteiger partial charge in [0.25, 0.3) is 0 Å². The molecular weight excluding hydrogens is 400 g/mol. The van der Waals surface area contributed by atoms with E-state index in [-0.39, 0.29) is 6.61 Å². The predicted molar refractivity (Wildman–Crippen MR) is 123 cm³/mol. The second kappa shape index (κ2) is 10.1. The van der Waals surface area contributed by atoms with E-state index in [2.05, 4.69) is 34.8 Å². The van der Waals surface area contributed by atoms with Crippen LogP contribution in [0, 0.1) is 6.92 Å². The molecule has 30 heavy (non-hydrogen) atoms. The van der Waals surface area contributed by atoms with Crippen molar-refractivity contribution in [1.29, 1.82) is 0 Å². The topological polar surface area (TPSA) is 72.2 Å². The molecule has 6 nitrogen and oxygen atoms in total. The van der Waals surface area contributed by atoms with E-state index in [0.717, 1.165) is 60.5 Å². The smallest absolute Gasteiger partial charge is 0.213 e. The van der Waals surface area contributed by atoms with Gasteiger partial charge in [-0.1, -0.05) is 31.5 Å². The highest BCUT2D eigenvalue weighted by atomic mass is 35.5. The minimum absolute atomic E-state index is 0.178. The van der Waals surface area contributed by atoms with Crippen molar-refractivity contribution in [2.45, 2.75) is 58.9 Å². The quantitative estimate of drug-likeness (QED) is 0.396. The summed E-state index contributed by atoms with van der Waals surface area (Å²) in [6, 6.07) is 5.98. The fraction of sp³-hybridized carbons (Fsp3) is 0.478. The van der Waals surface area contributed by atoms with E-state index in [1.807, 2.05) is 19.1 Å². The molecule has 0 unspecified atom stereocenters. The number of anilines is 2. The number of benzene rings is 1. The molecule has 0 fully saturated rings. The maximum absolute atomic E-state index is 9.28. The fourth-order valence-electron chi connectivity index (χ4n) is 3.88. The molecule has 0 aliphatic carbocycles. The largest absolute Gasteiger partial charge is 0.481 e. The van der Waals surface area contributed by atoms with Gasteiger partial charge in [-0.2, -0.15) is 0 Å². The van der Waals surface area contributed by atoms with Crippen molar-refractivity contribution in [3.63, 3.8) is 0 Å². The van der Waals surface area contributed by atoms with Gasteiger partial charge in [-0.3, -0.25) is 0 Å². The van der Waals surface area contributed by atoms with Gasteiger partial charge in [-0.15, -0.1) is 0 Å². The van der Waals surface area contributed by atoms with Crippen molar-refractivity contribution in [2.24, 2.45) is 0 Å². The van der Waals surface area contributed by atoms with Crippen molar-refractivity contribution < 1.29 is 9.84 Å². The summed E-state index contributed by atoms with van der Waals surface area (Å²) in [7, 11) is 1.61. The lowest BCUT2D eigenvalue weighted by Gasteiger charge is -2.18. The zero-order valence-electron chi connectivity index (χ0n) is 18.2. The summed E-state index contributed by atoms with van der Waals surface area (Å²) in [5, 5.41) is 13.4. The molecule has 0 aliphatic rings. The maximum Gasteiger partial charge on any atom is 0.213 e. The highest BCUT2D eigenvalue weighted by Gasteiger charge is 2.21. The number of rotatable bonds is 10. The van der Waals surface area contributed by atoms with Gasteiger partial charge in [0.05, 0.1) is 29.5 Å². The Kier molecular flexibility index (Phi) is 7.56. The van der Waals surface area contributed by atoms with Gasteiger partial charge in [-0.05, 0) is 55.7 Å². The number of fused-ring (bicyclic) bond motifs is 1. The van der Waals surface area contributed by atoms with Crippen molar-refractivity contribution >= 4 is 34.3 Å². The summed E-state index contributed by atoms with van der Waals surface area (Å²) in [5.74, 6) is 1.75. The number of aliphatic hydroxyl groups is 1. The third kappa shape index (κ3) is 4.55. The van der Waals surface area contributed by atoms with Crippen molar-refractivity contribution in [3.8, 4) is 5.88 Å². The van der Waals surface area contributed by atoms with Crippen LogP contribution < -0.4 is 10.1 Å². The summed E-state index contributed by atoms with van der Waals surface area (Å²) in [6.45, 7) is 7.36. The first-order valence-electron chi connectivity index (χ1n) is 10.6. The van der Waals surface area contributed by atoms with E-state index in [9.17, 15) is 5.11 Å². The molecule has 0 saturated heterocycles. The molecule has 0 aliphatic heterocycles. The predicted octanol–water partition coefficient (Wildman–Crippen LogP) is 5.82. The van der Waals surface area contributed by atoms with E-state index >= 15 is 0 Å². The Labute approximate surface area is 183 Å². The van der Waals surface area contributed by atoms with Crippen molar-refractivity contribution in [2.75, 3.05) is 19.0 Å². The minimum Gasteiger partial charge on any atom is -0.481 e. The number of hydrogen-bond donors (Lipinski definition) is 2. The molecule has 0 amide bonds. The van der Waals surface area contributed by atoms with Crippen LogP contribution in [0.15, 0.2) is 24.4 Å². The average molecular weight is 431 g/mol. The Bertz CT molecular complexity index is 999. The SMILES string of the molecule is CCC(CC)c1ccc(Cl)c2nc(Nc3cnc(OC)cc3C)n(CCCCO)c12. The Hall–Kier alpha value is -2.31. The van der Waals surface area contributed by atoms with Crippen LogP contribution in [0.4, 0.5) is 11.6 Å². The number of halogens is 1. The first kappa shape index (κ1) is 22.4. The van der Waals surface area contributed by atoms with Crippen LogP contribution in [0.5, 0.6) is 5.88 Å². The van der Waals surface area contributed by atoms with Gasteiger partial charge < -0.3 is 19.7 Å². The highest BCUT2D eigenvalue weighted by Crippen LogP contribution is 2.36. The summed E-state index contributed by atoms with van der Waals surface area (Å²) in [5.41, 5.74) is 5.05. The molecule has 0 radical (unpaired) electrons. The van der Waals surface area contributed by atoms with E-state index < -0.39 is 0 Å². The highest BCUT2D eigenvalue weighted by molar-refractivity contribution is 6.35. The molecule has 3 aromatic rings. The normalized spacial score (nSPS) is 11.4. The molecule has 2 heterocycles. The van der Waals surface area contributed by atoms with Gasteiger partial charge >= 0.3 is 0 Å². The van der Waals surface area contributed by atoms with Crippen LogP contribution in [0.25, 0.3) is 11.0 Å². The number of ether oxygens (including phenoxy) is 1. The van der Waals surface area contributed by atoms with Crippen LogP contribution in [-0.2, 0) is 6.54 Å². The number of nitrogens with zero attached hydrogens (tertiary/aromatic N) is 3. The molecule has 2 aromatic heterocycles. The van der Waals surface area contributed by atoms with Gasteiger partial charge in [0.2, 0.25) is 11.8 Å². The average Bonchev–Trinajstić information content (AvgIpc) is 3.11. The lowest BCUT2D eigenvalue weighted by atomic mass is 9.93. The number of aliphatic hydroxyl groups excluding tert-OH is 1. The number of aryl methyl sites for hydroxylation is 2. The van der Waals surface area contributed by atoms with Gasteiger partial charge in [0, 0.05) is 19.2 Å². The zero-order valence-corrected chi connectivity index (χ0v) is 19.0. The van der Waals surface area contributed by atoms with E-state index in [4.69, 9.17) is 21.3 Å². The third-order valence-corrected chi connectivity index (χ3v) is 5.94. The first-order valence-corrected chi connectivity index (χ1v) is 11.0. The lowest BCUT2D eigenvalue weighted by molar-refractivity contribution is 0.281. The number of unbranched alkanes of at least 4 members (excludes halogenated alkanes) is 1. The number of aromatic nitrogens is 3. The fourth-order valence-corrected chi connectivity index (χ4v) is 4.07. The van der Waals surface area contributed by atoms with Crippen LogP contribution in [0.3, 0.4) is 0 Å². The van der Waals surface area contributed by atoms with Crippen LogP contribution in [0.2, 0.25) is 5.02 Å².